The summed E-state index contributed by atoms with van der Waals surface area (Å²) in [4.78, 5) is 18.5. The number of nitrogens with zero attached hydrogens (tertiary/aromatic N) is 5. The zero-order chi connectivity index (χ0) is 28.8. The van der Waals surface area contributed by atoms with Crippen LogP contribution < -0.4 is 9.80 Å². The lowest BCUT2D eigenvalue weighted by atomic mass is 10.00. The summed E-state index contributed by atoms with van der Waals surface area (Å²) >= 11 is 0. The molecule has 40 heavy (non-hydrogen) atoms. The standard InChI is InChI=1S/C28H29F6N5O/c1-17-6-5-9-23(29)24(17)36-12-10-21(11-13-36)37-15-20-16-39(18(2)25(30)31)35-26(20)38(27(37)40)14-19-7-3-4-8-22(19)28(32,33)34/h3-9,16,18,21,25H,10-15H2,1-2H3/t18-/m0/s1. The largest absolute Gasteiger partial charge is 0.416 e. The lowest BCUT2D eigenvalue weighted by Gasteiger charge is -2.43. The van der Waals surface area contributed by atoms with E-state index in [4.69, 9.17) is 0 Å². The third-order valence-corrected chi connectivity index (χ3v) is 7.70. The number of para-hydroxylation sites is 1. The zero-order valence-electron chi connectivity index (χ0n) is 22.0. The highest BCUT2D eigenvalue weighted by atomic mass is 19.4. The van der Waals surface area contributed by atoms with Crippen molar-refractivity contribution in [1.82, 2.24) is 14.7 Å². The van der Waals surface area contributed by atoms with Crippen LogP contribution in [0.15, 0.2) is 48.7 Å². The number of piperidine rings is 1. The molecule has 0 radical (unpaired) electrons. The molecule has 2 amide bonds. The molecule has 6 nitrogen and oxygen atoms in total. The summed E-state index contributed by atoms with van der Waals surface area (Å²) in [6, 6.07) is 7.73. The minimum atomic E-state index is -4.64. The van der Waals surface area contributed by atoms with E-state index in [-0.39, 0.29) is 29.8 Å². The molecule has 2 aliphatic rings. The first-order valence-electron chi connectivity index (χ1n) is 13.0. The third kappa shape index (κ3) is 5.23. The maximum atomic E-state index is 14.6. The van der Waals surface area contributed by atoms with Crippen LogP contribution >= 0.6 is 0 Å². The van der Waals surface area contributed by atoms with E-state index in [0.717, 1.165) is 21.2 Å². The smallest absolute Gasteiger partial charge is 0.369 e. The minimum absolute atomic E-state index is 0.0742. The highest BCUT2D eigenvalue weighted by Crippen LogP contribution is 2.37. The number of amides is 2. The van der Waals surface area contributed by atoms with E-state index in [0.29, 0.717) is 37.2 Å². The summed E-state index contributed by atoms with van der Waals surface area (Å²) in [5.74, 6) is -0.252. The van der Waals surface area contributed by atoms with Crippen molar-refractivity contribution in [3.05, 3.63) is 76.7 Å². The second kappa shape index (κ2) is 10.7. The fourth-order valence-electron chi connectivity index (χ4n) is 5.54. The molecular weight excluding hydrogens is 536 g/mol. The number of anilines is 2. The summed E-state index contributed by atoms with van der Waals surface area (Å²) in [6.45, 7) is 3.72. The molecule has 0 bridgehead atoms. The molecule has 0 spiro atoms. The molecule has 1 atom stereocenters. The van der Waals surface area contributed by atoms with Crippen LogP contribution in [0.3, 0.4) is 0 Å². The lowest BCUT2D eigenvalue weighted by Crippen LogP contribution is -2.54. The molecule has 0 aliphatic carbocycles. The molecule has 2 aromatic carbocycles. The fourth-order valence-corrected chi connectivity index (χ4v) is 5.54. The number of aryl methyl sites for hydroxylation is 1. The average Bonchev–Trinajstić information content (AvgIpc) is 3.34. The average molecular weight is 566 g/mol. The molecule has 5 rings (SSSR count). The van der Waals surface area contributed by atoms with Crippen LogP contribution in [-0.4, -0.2) is 46.3 Å². The Morgan fingerprint density at radius 3 is 2.40 bits per heavy atom. The van der Waals surface area contributed by atoms with E-state index in [1.165, 1.54) is 37.4 Å². The molecule has 1 fully saturated rings. The molecule has 2 aliphatic heterocycles. The highest BCUT2D eigenvalue weighted by Gasteiger charge is 2.40. The van der Waals surface area contributed by atoms with Crippen LogP contribution in [0.1, 0.15) is 48.1 Å². The maximum Gasteiger partial charge on any atom is 0.416 e. The predicted molar refractivity (Wildman–Crippen MR) is 138 cm³/mol. The topological polar surface area (TPSA) is 44.6 Å². The van der Waals surface area contributed by atoms with Crippen molar-refractivity contribution in [2.45, 2.75) is 64.5 Å². The number of urea groups is 1. The Balaban J connectivity index is 1.45. The third-order valence-electron chi connectivity index (χ3n) is 7.70. The number of fused-ring (bicyclic) bond motifs is 1. The quantitative estimate of drug-likeness (QED) is 0.310. The Labute approximate surface area is 227 Å². The van der Waals surface area contributed by atoms with Gasteiger partial charge >= 0.3 is 12.2 Å². The Hall–Kier alpha value is -3.70. The van der Waals surface area contributed by atoms with Gasteiger partial charge in [-0.3, -0.25) is 9.58 Å². The monoisotopic (exact) mass is 565 g/mol. The molecule has 3 aromatic rings. The van der Waals surface area contributed by atoms with Crippen molar-refractivity contribution in [3.63, 3.8) is 0 Å². The van der Waals surface area contributed by atoms with E-state index in [1.807, 2.05) is 17.9 Å². The summed E-state index contributed by atoms with van der Waals surface area (Å²) in [6.07, 6.45) is -4.92. The first-order valence-corrected chi connectivity index (χ1v) is 13.0. The van der Waals surface area contributed by atoms with Crippen LogP contribution in [0.4, 0.5) is 42.6 Å². The second-order valence-corrected chi connectivity index (χ2v) is 10.3. The van der Waals surface area contributed by atoms with E-state index >= 15 is 0 Å². The van der Waals surface area contributed by atoms with Gasteiger partial charge in [0, 0.05) is 30.9 Å². The summed E-state index contributed by atoms with van der Waals surface area (Å²) in [7, 11) is 0. The van der Waals surface area contributed by atoms with E-state index in [2.05, 4.69) is 5.10 Å². The molecule has 12 heteroatoms. The van der Waals surface area contributed by atoms with Crippen molar-refractivity contribution < 1.29 is 31.1 Å². The first kappa shape index (κ1) is 27.9. The van der Waals surface area contributed by atoms with Gasteiger partial charge in [0.15, 0.2) is 5.82 Å². The van der Waals surface area contributed by atoms with E-state index < -0.39 is 36.8 Å². The van der Waals surface area contributed by atoms with Crippen LogP contribution in [0.25, 0.3) is 0 Å². The normalized spacial score (nSPS) is 17.5. The van der Waals surface area contributed by atoms with Crippen molar-refractivity contribution in [2.75, 3.05) is 22.9 Å². The van der Waals surface area contributed by atoms with Gasteiger partial charge in [-0.2, -0.15) is 18.3 Å². The fraction of sp³-hybridized carbons (Fsp3) is 0.429. The Morgan fingerprint density at radius 1 is 1.05 bits per heavy atom. The highest BCUT2D eigenvalue weighted by molar-refractivity contribution is 5.94. The minimum Gasteiger partial charge on any atom is -0.369 e. The molecule has 0 saturated carbocycles. The molecule has 0 unspecified atom stereocenters. The van der Waals surface area contributed by atoms with Crippen molar-refractivity contribution >= 4 is 17.5 Å². The number of carbonyl (C=O) groups is 1. The molecule has 1 aromatic heterocycles. The Kier molecular flexibility index (Phi) is 7.45. The number of carbonyl (C=O) groups excluding carboxylic acids is 1. The SMILES string of the molecule is Cc1cccc(F)c1N1CCC(N2Cc3cn([C@@H](C)C(F)F)nc3N(Cc3ccccc3C(F)(F)F)C2=O)CC1. The lowest BCUT2D eigenvalue weighted by molar-refractivity contribution is -0.138. The van der Waals surface area contributed by atoms with Crippen LogP contribution in [0, 0.1) is 12.7 Å². The van der Waals surface area contributed by atoms with Crippen LogP contribution in [-0.2, 0) is 19.3 Å². The Bertz CT molecular complexity index is 1360. The van der Waals surface area contributed by atoms with Crippen LogP contribution in [0.2, 0.25) is 0 Å². The van der Waals surface area contributed by atoms with Gasteiger partial charge in [-0.1, -0.05) is 30.3 Å². The van der Waals surface area contributed by atoms with Gasteiger partial charge in [0.2, 0.25) is 0 Å². The van der Waals surface area contributed by atoms with Gasteiger partial charge in [-0.05, 0) is 49.9 Å². The van der Waals surface area contributed by atoms with Crippen molar-refractivity contribution in [3.8, 4) is 0 Å². The molecular formula is C28H29F6N5O. The summed E-state index contributed by atoms with van der Waals surface area (Å²) in [5.41, 5.74) is 0.782. The molecule has 0 N–H and O–H groups in total. The zero-order valence-corrected chi connectivity index (χ0v) is 22.0. The number of aromatic nitrogens is 2. The molecule has 3 heterocycles. The van der Waals surface area contributed by atoms with E-state index in [1.54, 1.807) is 11.0 Å². The number of hydrogen-bond donors (Lipinski definition) is 0. The van der Waals surface area contributed by atoms with Gasteiger partial charge in [0.1, 0.15) is 11.9 Å². The van der Waals surface area contributed by atoms with Gasteiger partial charge in [0.25, 0.3) is 6.43 Å². The Morgan fingerprint density at radius 2 is 1.75 bits per heavy atom. The van der Waals surface area contributed by atoms with Gasteiger partial charge in [-0.25, -0.2) is 18.0 Å². The second-order valence-electron chi connectivity index (χ2n) is 10.3. The summed E-state index contributed by atoms with van der Waals surface area (Å²) < 4.78 is 83.8. The van der Waals surface area contributed by atoms with Crippen LogP contribution in [0.5, 0.6) is 0 Å². The molecule has 1 saturated heterocycles. The van der Waals surface area contributed by atoms with Gasteiger partial charge in [0.05, 0.1) is 24.3 Å². The summed E-state index contributed by atoms with van der Waals surface area (Å²) in [5, 5.41) is 4.23. The van der Waals surface area contributed by atoms with Crippen molar-refractivity contribution in [1.29, 1.82) is 0 Å². The van der Waals surface area contributed by atoms with E-state index in [9.17, 15) is 31.1 Å². The molecule has 214 valence electrons. The van der Waals surface area contributed by atoms with Gasteiger partial charge < -0.3 is 9.80 Å². The number of halogens is 6. The first-order chi connectivity index (χ1) is 19.0. The number of benzene rings is 2. The van der Waals surface area contributed by atoms with Crippen molar-refractivity contribution in [2.24, 2.45) is 0 Å². The maximum absolute atomic E-state index is 14.6. The predicted octanol–water partition coefficient (Wildman–Crippen LogP) is 6.79. The number of alkyl halides is 5. The van der Waals surface area contributed by atoms with Gasteiger partial charge in [-0.15, -0.1) is 0 Å². The number of hydrogen-bond acceptors (Lipinski definition) is 3. The number of rotatable bonds is 6.